The molecule has 0 amide bonds. The van der Waals surface area contributed by atoms with Crippen LogP contribution in [0.15, 0.2) is 43.0 Å². The highest BCUT2D eigenvalue weighted by molar-refractivity contribution is 5.52. The van der Waals surface area contributed by atoms with E-state index in [0.29, 0.717) is 5.82 Å². The van der Waals surface area contributed by atoms with Crippen LogP contribution >= 0.6 is 0 Å². The van der Waals surface area contributed by atoms with Gasteiger partial charge in [-0.05, 0) is 37.6 Å². The third kappa shape index (κ3) is 2.22. The number of pyridine rings is 2. The van der Waals surface area contributed by atoms with Gasteiger partial charge in [0.15, 0.2) is 5.82 Å². The second-order valence-corrected chi connectivity index (χ2v) is 4.37. The predicted octanol–water partition coefficient (Wildman–Crippen LogP) is 2.34. The molecular weight excluding hydrogens is 238 g/mol. The van der Waals surface area contributed by atoms with Gasteiger partial charge in [0.25, 0.3) is 0 Å². The molecule has 0 aliphatic carbocycles. The summed E-state index contributed by atoms with van der Waals surface area (Å²) in [5.41, 5.74) is 3.76. The van der Waals surface area contributed by atoms with E-state index in [1.807, 2.05) is 44.3 Å². The van der Waals surface area contributed by atoms with Gasteiger partial charge >= 0.3 is 0 Å². The molecule has 3 heterocycles. The summed E-state index contributed by atoms with van der Waals surface area (Å²) in [6.45, 7) is 3.96. The second-order valence-electron chi connectivity index (χ2n) is 4.37. The van der Waals surface area contributed by atoms with Gasteiger partial charge in [0.05, 0.1) is 11.9 Å². The van der Waals surface area contributed by atoms with Crippen molar-refractivity contribution in [2.75, 3.05) is 0 Å². The molecule has 19 heavy (non-hydrogen) atoms. The zero-order valence-corrected chi connectivity index (χ0v) is 10.8. The molecule has 0 aliphatic rings. The first-order chi connectivity index (χ1) is 9.24. The number of hydrogen-bond acceptors (Lipinski definition) is 4. The van der Waals surface area contributed by atoms with Crippen LogP contribution in [0.3, 0.4) is 0 Å². The van der Waals surface area contributed by atoms with Crippen molar-refractivity contribution < 1.29 is 0 Å². The number of aromatic nitrogens is 5. The maximum absolute atomic E-state index is 4.38. The Labute approximate surface area is 111 Å². The number of nitrogens with zero attached hydrogens (tertiary/aromatic N) is 5. The summed E-state index contributed by atoms with van der Waals surface area (Å²) >= 11 is 0. The average molecular weight is 251 g/mol. The first-order valence-corrected chi connectivity index (χ1v) is 6.00. The van der Waals surface area contributed by atoms with Crippen LogP contribution in [0.4, 0.5) is 0 Å². The van der Waals surface area contributed by atoms with Gasteiger partial charge in [0.2, 0.25) is 0 Å². The fourth-order valence-electron chi connectivity index (χ4n) is 1.79. The predicted molar refractivity (Wildman–Crippen MR) is 71.9 cm³/mol. The van der Waals surface area contributed by atoms with Gasteiger partial charge < -0.3 is 0 Å². The van der Waals surface area contributed by atoms with Crippen LogP contribution < -0.4 is 0 Å². The summed E-state index contributed by atoms with van der Waals surface area (Å²) in [5.74, 6) is 0.714. The number of rotatable bonds is 2. The highest BCUT2D eigenvalue weighted by atomic mass is 15.3. The Hall–Kier alpha value is -2.56. The van der Waals surface area contributed by atoms with Crippen LogP contribution in [0, 0.1) is 13.8 Å². The fourth-order valence-corrected chi connectivity index (χ4v) is 1.79. The third-order valence-corrected chi connectivity index (χ3v) is 2.83. The van der Waals surface area contributed by atoms with Gasteiger partial charge in [0.1, 0.15) is 12.0 Å². The van der Waals surface area contributed by atoms with Crippen molar-refractivity contribution in [1.29, 1.82) is 0 Å². The zero-order valence-electron chi connectivity index (χ0n) is 10.8. The summed E-state index contributed by atoms with van der Waals surface area (Å²) in [7, 11) is 0. The Kier molecular flexibility index (Phi) is 2.79. The lowest BCUT2D eigenvalue weighted by Crippen LogP contribution is -2.01. The summed E-state index contributed by atoms with van der Waals surface area (Å²) in [5, 5.41) is 4.24. The van der Waals surface area contributed by atoms with Crippen molar-refractivity contribution in [2.45, 2.75) is 13.8 Å². The van der Waals surface area contributed by atoms with Crippen LogP contribution in [0.25, 0.3) is 17.2 Å². The van der Waals surface area contributed by atoms with Crippen LogP contribution in [-0.4, -0.2) is 24.7 Å². The smallest absolute Gasteiger partial charge is 0.181 e. The Morgan fingerprint density at radius 2 is 1.79 bits per heavy atom. The largest absolute Gasteiger partial charge is 0.259 e. The van der Waals surface area contributed by atoms with Gasteiger partial charge in [-0.15, -0.1) is 0 Å². The van der Waals surface area contributed by atoms with E-state index in [-0.39, 0.29) is 0 Å². The molecule has 5 heteroatoms. The lowest BCUT2D eigenvalue weighted by molar-refractivity contribution is 0.874. The van der Waals surface area contributed by atoms with Gasteiger partial charge in [-0.2, -0.15) is 5.10 Å². The van der Waals surface area contributed by atoms with E-state index in [4.69, 9.17) is 0 Å². The minimum atomic E-state index is 0.714. The first-order valence-electron chi connectivity index (χ1n) is 6.00. The maximum Gasteiger partial charge on any atom is 0.181 e. The molecule has 0 radical (unpaired) electrons. The molecule has 0 saturated carbocycles. The normalized spacial score (nSPS) is 10.6. The SMILES string of the molecule is Cc1ccc(-c2ncnn2-c2ccc(C)nc2)nc1. The van der Waals surface area contributed by atoms with Crippen molar-refractivity contribution in [3.8, 4) is 17.2 Å². The standard InChI is InChI=1S/C14H13N5/c1-10-3-6-13(16-7-10)14-17-9-18-19(14)12-5-4-11(2)15-8-12/h3-9H,1-2H3. The second kappa shape index (κ2) is 4.61. The average Bonchev–Trinajstić information content (AvgIpc) is 2.90. The monoisotopic (exact) mass is 251 g/mol. The minimum Gasteiger partial charge on any atom is -0.259 e. The van der Waals surface area contributed by atoms with E-state index in [0.717, 1.165) is 22.6 Å². The van der Waals surface area contributed by atoms with Gasteiger partial charge in [0, 0.05) is 11.9 Å². The van der Waals surface area contributed by atoms with Gasteiger partial charge in [-0.1, -0.05) is 6.07 Å². The molecule has 3 aromatic rings. The Bertz CT molecular complexity index is 623. The van der Waals surface area contributed by atoms with Crippen LogP contribution in [0.1, 0.15) is 11.3 Å². The first kappa shape index (κ1) is 11.5. The van der Waals surface area contributed by atoms with Crippen LogP contribution in [0.2, 0.25) is 0 Å². The molecule has 5 nitrogen and oxygen atoms in total. The highest BCUT2D eigenvalue weighted by Crippen LogP contribution is 2.17. The molecule has 0 spiro atoms. The molecule has 0 atom stereocenters. The molecule has 3 aromatic heterocycles. The van der Waals surface area contributed by atoms with E-state index >= 15 is 0 Å². The van der Waals surface area contributed by atoms with Gasteiger partial charge in [-0.25, -0.2) is 9.67 Å². The maximum atomic E-state index is 4.38. The summed E-state index contributed by atoms with van der Waals surface area (Å²) in [4.78, 5) is 12.9. The summed E-state index contributed by atoms with van der Waals surface area (Å²) in [6, 6.07) is 7.87. The van der Waals surface area contributed by atoms with Crippen molar-refractivity contribution in [3.05, 3.63) is 54.2 Å². The lowest BCUT2D eigenvalue weighted by Gasteiger charge is -2.05. The molecule has 0 bridgehead atoms. The lowest BCUT2D eigenvalue weighted by atomic mass is 10.2. The zero-order chi connectivity index (χ0) is 13.2. The molecule has 0 N–H and O–H groups in total. The molecule has 0 aliphatic heterocycles. The van der Waals surface area contributed by atoms with Crippen molar-refractivity contribution in [2.24, 2.45) is 0 Å². The molecule has 94 valence electrons. The Morgan fingerprint density at radius 3 is 2.47 bits per heavy atom. The summed E-state index contributed by atoms with van der Waals surface area (Å²) in [6.07, 6.45) is 5.13. The van der Waals surface area contributed by atoms with Gasteiger partial charge in [-0.3, -0.25) is 9.97 Å². The van der Waals surface area contributed by atoms with E-state index in [1.54, 1.807) is 10.9 Å². The molecule has 0 saturated heterocycles. The van der Waals surface area contributed by atoms with Crippen LogP contribution in [0.5, 0.6) is 0 Å². The minimum absolute atomic E-state index is 0.714. The highest BCUT2D eigenvalue weighted by Gasteiger charge is 2.10. The van der Waals surface area contributed by atoms with Crippen molar-refractivity contribution >= 4 is 0 Å². The number of aryl methyl sites for hydroxylation is 2. The van der Waals surface area contributed by atoms with E-state index in [1.165, 1.54) is 6.33 Å². The van der Waals surface area contributed by atoms with Crippen molar-refractivity contribution in [3.63, 3.8) is 0 Å². The van der Waals surface area contributed by atoms with E-state index in [2.05, 4.69) is 20.1 Å². The summed E-state index contributed by atoms with van der Waals surface area (Å²) < 4.78 is 1.74. The molecule has 3 rings (SSSR count). The number of hydrogen-bond donors (Lipinski definition) is 0. The molecule has 0 unspecified atom stereocenters. The molecular formula is C14H13N5. The van der Waals surface area contributed by atoms with E-state index in [9.17, 15) is 0 Å². The fraction of sp³-hybridized carbons (Fsp3) is 0.143. The van der Waals surface area contributed by atoms with Crippen molar-refractivity contribution in [1.82, 2.24) is 24.7 Å². The third-order valence-electron chi connectivity index (χ3n) is 2.83. The van der Waals surface area contributed by atoms with E-state index < -0.39 is 0 Å². The van der Waals surface area contributed by atoms with Crippen LogP contribution in [-0.2, 0) is 0 Å². The molecule has 0 aromatic carbocycles. The topological polar surface area (TPSA) is 56.5 Å². The molecule has 0 fully saturated rings. The Morgan fingerprint density at radius 1 is 0.895 bits per heavy atom. The Balaban J connectivity index is 2.07. The quantitative estimate of drug-likeness (QED) is 0.701.